The van der Waals surface area contributed by atoms with Gasteiger partial charge in [0.05, 0.1) is 23.5 Å². The average Bonchev–Trinajstić information content (AvgIpc) is 3.72. The summed E-state index contributed by atoms with van der Waals surface area (Å²) in [4.78, 5) is 82.7. The normalized spacial score (nSPS) is 11.9. The minimum atomic E-state index is -4.93. The van der Waals surface area contributed by atoms with Gasteiger partial charge in [0, 0.05) is 63.4 Å². The third-order valence-corrected chi connectivity index (χ3v) is 13.9. The summed E-state index contributed by atoms with van der Waals surface area (Å²) in [5.41, 5.74) is -0.677. The molecule has 5 rings (SSSR count). The summed E-state index contributed by atoms with van der Waals surface area (Å²) in [6.07, 6.45) is -1.61. The van der Waals surface area contributed by atoms with Gasteiger partial charge >= 0.3 is 31.5 Å². The molecule has 0 bridgehead atoms. The van der Waals surface area contributed by atoms with E-state index in [1.54, 1.807) is 6.07 Å². The molecule has 4 N–H and O–H groups in total. The van der Waals surface area contributed by atoms with Gasteiger partial charge in [-0.2, -0.15) is 9.98 Å². The van der Waals surface area contributed by atoms with E-state index in [2.05, 4.69) is 10.6 Å². The Labute approximate surface area is 418 Å². The number of carbonyl (C=O) groups is 6. The number of halogens is 3. The van der Waals surface area contributed by atoms with E-state index >= 15 is 8.78 Å². The van der Waals surface area contributed by atoms with Crippen molar-refractivity contribution in [1.82, 2.24) is 15.4 Å². The first-order valence-electron chi connectivity index (χ1n) is 21.5. The molecule has 27 heteroatoms. The van der Waals surface area contributed by atoms with Crippen molar-refractivity contribution in [2.24, 2.45) is 0 Å². The summed E-state index contributed by atoms with van der Waals surface area (Å²) >= 11 is 0.266. The molecule has 0 spiro atoms. The highest BCUT2D eigenvalue weighted by Crippen LogP contribution is 2.48. The van der Waals surface area contributed by atoms with E-state index in [1.165, 1.54) is 31.2 Å². The van der Waals surface area contributed by atoms with Crippen molar-refractivity contribution >= 4 is 74.7 Å². The van der Waals surface area contributed by atoms with Gasteiger partial charge < -0.3 is 48.5 Å². The molecule has 1 heterocycles. The van der Waals surface area contributed by atoms with Gasteiger partial charge in [-0.15, -0.1) is 11.3 Å². The molecule has 1 aromatic heterocycles. The number of thiophene rings is 1. The van der Waals surface area contributed by atoms with Crippen molar-refractivity contribution in [3.63, 3.8) is 0 Å². The average molecular weight is 1080 g/mol. The fourth-order valence-corrected chi connectivity index (χ4v) is 10.9. The van der Waals surface area contributed by atoms with Crippen LogP contribution in [-0.2, 0) is 40.2 Å². The highest BCUT2D eigenvalue weighted by atomic mass is 32.2. The molecule has 21 nitrogen and oxygen atoms in total. The number of hydrogen-bond acceptors (Lipinski definition) is 18. The number of carbonyl (C=O) groups excluding carboxylic acids is 6. The molecule has 0 saturated carbocycles. The zero-order valence-corrected chi connectivity index (χ0v) is 41.7. The first-order valence-corrected chi connectivity index (χ1v) is 25.5. The van der Waals surface area contributed by atoms with Crippen molar-refractivity contribution < 1.29 is 92.8 Å². The molecule has 1 atom stereocenters. The van der Waals surface area contributed by atoms with E-state index in [-0.39, 0.29) is 83.4 Å². The van der Waals surface area contributed by atoms with Gasteiger partial charge in [0.25, 0.3) is 21.8 Å². The zero-order chi connectivity index (χ0) is 53.8. The predicted octanol–water partition coefficient (Wildman–Crippen LogP) is 6.35. The Morgan fingerprint density at radius 1 is 0.712 bits per heavy atom. The molecule has 0 aliphatic heterocycles. The fourth-order valence-electron chi connectivity index (χ4n) is 6.46. The Bertz CT molecular complexity index is 3200. The SMILES string of the molecule is CCc1c(S(=O)(=O)NCP(=O)(O)Oc2ccc(C#N)c(F)c2)sc2c(F)c(OCCCNC(=O)c3ccc(OC(C)=O)c(OC(C)=O)c3)c(OCCCNC(=O)c3ccc(OC(C)=O)c(OC(C)=O)c3)c(F)c12. The zero-order valence-electron chi connectivity index (χ0n) is 39.2. The lowest BCUT2D eigenvalue weighted by atomic mass is 10.1. The number of aryl methyl sites for hydroxylation is 1. The monoisotopic (exact) mass is 1080 g/mol. The summed E-state index contributed by atoms with van der Waals surface area (Å²) in [5, 5.41) is 13.6. The molecule has 388 valence electrons. The maximum absolute atomic E-state index is 16.9. The maximum atomic E-state index is 16.9. The third-order valence-electron chi connectivity index (χ3n) is 9.49. The summed E-state index contributed by atoms with van der Waals surface area (Å²) < 4.78 is 125. The minimum absolute atomic E-state index is 0.0109. The van der Waals surface area contributed by atoms with Crippen LogP contribution in [0.2, 0.25) is 0 Å². The second-order valence-corrected chi connectivity index (χ2v) is 19.9. The maximum Gasteiger partial charge on any atom is 0.391 e. The predicted molar refractivity (Wildman–Crippen MR) is 251 cm³/mol. The van der Waals surface area contributed by atoms with Gasteiger partial charge in [0.1, 0.15) is 28.1 Å². The van der Waals surface area contributed by atoms with Crippen molar-refractivity contribution in [1.29, 1.82) is 5.26 Å². The number of esters is 4. The Hall–Kier alpha value is -7.56. The number of rotatable bonds is 23. The molecule has 0 fully saturated rings. The van der Waals surface area contributed by atoms with Crippen molar-refractivity contribution in [2.45, 2.75) is 58.1 Å². The number of fused-ring (bicyclic) bond motifs is 1. The Kier molecular flexibility index (Phi) is 19.1. The van der Waals surface area contributed by atoms with Gasteiger partial charge in [-0.3, -0.25) is 28.8 Å². The van der Waals surface area contributed by atoms with Crippen molar-refractivity contribution in [3.05, 3.63) is 94.3 Å². The molecule has 5 aromatic rings. The second-order valence-electron chi connectivity index (χ2n) is 15.1. The summed E-state index contributed by atoms with van der Waals surface area (Å²) in [6, 6.07) is 11.6. The Morgan fingerprint density at radius 3 is 1.64 bits per heavy atom. The van der Waals surface area contributed by atoms with E-state index in [9.17, 15) is 51.0 Å². The van der Waals surface area contributed by atoms with Crippen LogP contribution in [0.25, 0.3) is 10.1 Å². The molecular formula is C46H44F3N4O17PS2. The molecule has 1 unspecified atom stereocenters. The number of sulfonamides is 1. The highest BCUT2D eigenvalue weighted by molar-refractivity contribution is 7.92. The van der Waals surface area contributed by atoms with Crippen LogP contribution in [0.3, 0.4) is 0 Å². The van der Waals surface area contributed by atoms with Crippen LogP contribution in [0.15, 0.2) is 58.8 Å². The van der Waals surface area contributed by atoms with Crippen molar-refractivity contribution in [3.8, 4) is 46.3 Å². The lowest BCUT2D eigenvalue weighted by Crippen LogP contribution is -2.26. The number of nitrogens with one attached hydrogen (secondary N) is 3. The highest BCUT2D eigenvalue weighted by Gasteiger charge is 2.34. The van der Waals surface area contributed by atoms with Gasteiger partial charge in [0.2, 0.25) is 11.5 Å². The van der Waals surface area contributed by atoms with Crippen LogP contribution >= 0.6 is 18.9 Å². The largest absolute Gasteiger partial charge is 0.487 e. The van der Waals surface area contributed by atoms with Gasteiger partial charge in [-0.05, 0) is 73.4 Å². The van der Waals surface area contributed by atoms with Gasteiger partial charge in [0.15, 0.2) is 34.6 Å². The second kappa shape index (κ2) is 24.7. The molecule has 0 aliphatic carbocycles. The van der Waals surface area contributed by atoms with Crippen LogP contribution in [0.4, 0.5) is 13.2 Å². The smallest absolute Gasteiger partial charge is 0.391 e. The Morgan fingerprint density at radius 2 is 1.19 bits per heavy atom. The molecule has 2 amide bonds. The van der Waals surface area contributed by atoms with Crippen LogP contribution < -0.4 is 48.3 Å². The van der Waals surface area contributed by atoms with Gasteiger partial charge in [-0.1, -0.05) is 6.92 Å². The lowest BCUT2D eigenvalue weighted by molar-refractivity contribution is -0.134. The summed E-state index contributed by atoms with van der Waals surface area (Å²) in [6.45, 7) is 4.80. The van der Waals surface area contributed by atoms with E-state index < -0.39 is 127 Å². The standard InChI is InChI=1S/C46H44F3N4O17PS2/c1-6-32-38-39(48)41(64-17-7-15-51-44(58)28-10-13-34(66-24(2)54)36(19-28)68-26(4)56)42(65-18-8-16-52-45(59)29-11-14-35(67-25(3)55)37(20-29)69-27(5)57)40(49)43(38)72-46(32)73(62,63)53-23-71(60,61)70-31-12-9-30(22-50)33(47)21-31/h9-14,19-21,53H,6-8,15-18,23H2,1-5H3,(H,51,58)(H,52,59)(H,60,61). The van der Waals surface area contributed by atoms with Crippen LogP contribution in [0.1, 0.15) is 79.3 Å². The number of nitrogens with zero attached hydrogens (tertiary/aromatic N) is 1. The number of nitriles is 1. The van der Waals surface area contributed by atoms with Crippen LogP contribution in [0, 0.1) is 28.8 Å². The number of hydrogen-bond donors (Lipinski definition) is 4. The molecule has 4 aromatic carbocycles. The van der Waals surface area contributed by atoms with Crippen molar-refractivity contribution in [2.75, 3.05) is 32.6 Å². The summed E-state index contributed by atoms with van der Waals surface area (Å²) in [7, 11) is -9.79. The van der Waals surface area contributed by atoms with Crippen LogP contribution in [-0.4, -0.2) is 81.6 Å². The number of ether oxygens (including phenoxy) is 6. The molecule has 73 heavy (non-hydrogen) atoms. The molecule has 0 radical (unpaired) electrons. The molecular weight excluding hydrogens is 1030 g/mol. The topological polar surface area (TPSA) is 298 Å². The molecule has 0 aliphatic rings. The third kappa shape index (κ3) is 15.0. The number of amides is 2. The minimum Gasteiger partial charge on any atom is -0.487 e. The first-order chi connectivity index (χ1) is 34.4. The summed E-state index contributed by atoms with van der Waals surface area (Å²) in [5.74, 6) is -10.7. The first kappa shape index (κ1) is 56.4. The van der Waals surface area contributed by atoms with E-state index in [1.807, 2.05) is 4.72 Å². The van der Waals surface area contributed by atoms with Gasteiger partial charge in [-0.25, -0.2) is 26.2 Å². The van der Waals surface area contributed by atoms with E-state index in [0.29, 0.717) is 6.07 Å². The quantitative estimate of drug-likeness (QED) is 0.0240. The number of benzene rings is 4. The molecule has 0 saturated heterocycles. The Balaban J connectivity index is 1.37. The lowest BCUT2D eigenvalue weighted by Gasteiger charge is -2.16. The van der Waals surface area contributed by atoms with Crippen LogP contribution in [0.5, 0.6) is 40.2 Å². The van der Waals surface area contributed by atoms with E-state index in [0.717, 1.165) is 52.0 Å². The fraction of sp³-hybridized carbons (Fsp3) is 0.283. The van der Waals surface area contributed by atoms with E-state index in [4.69, 9.17) is 38.2 Å².